The lowest BCUT2D eigenvalue weighted by molar-refractivity contribution is -0.115. The van der Waals surface area contributed by atoms with Gasteiger partial charge in [0.1, 0.15) is 0 Å². The topological polar surface area (TPSA) is 54.9 Å². The van der Waals surface area contributed by atoms with Crippen LogP contribution in [0.1, 0.15) is 36.1 Å². The second-order valence-corrected chi connectivity index (χ2v) is 6.97. The van der Waals surface area contributed by atoms with Gasteiger partial charge in [-0.1, -0.05) is 24.3 Å². The van der Waals surface area contributed by atoms with Gasteiger partial charge in [-0.2, -0.15) is 0 Å². The van der Waals surface area contributed by atoms with Crippen molar-refractivity contribution < 1.29 is 4.79 Å². The van der Waals surface area contributed by atoms with E-state index in [1.807, 2.05) is 6.92 Å². The number of amides is 1. The largest absolute Gasteiger partial charge is 0.294 e. The third-order valence-corrected chi connectivity index (χ3v) is 5.29. The number of carbonyl (C=O) groups excluding carboxylic acids is 1. The summed E-state index contributed by atoms with van der Waals surface area (Å²) in [5.41, 5.74) is 2.81. The van der Waals surface area contributed by atoms with Gasteiger partial charge in [-0.05, 0) is 43.4 Å². The summed E-state index contributed by atoms with van der Waals surface area (Å²) in [6, 6.07) is 10.3. The molecule has 22 heavy (non-hydrogen) atoms. The Kier molecular flexibility index (Phi) is 4.73. The Balaban J connectivity index is 1.65. The highest BCUT2D eigenvalue weighted by Crippen LogP contribution is 2.41. The molecule has 4 nitrogen and oxygen atoms in total. The first-order chi connectivity index (χ1) is 10.7. The van der Waals surface area contributed by atoms with Crippen molar-refractivity contribution in [3.8, 4) is 0 Å². The number of benzene rings is 1. The van der Waals surface area contributed by atoms with Crippen LogP contribution in [0.15, 0.2) is 42.7 Å². The van der Waals surface area contributed by atoms with Crippen LogP contribution in [0.5, 0.6) is 0 Å². The molecule has 5 heteroatoms. The zero-order valence-corrected chi connectivity index (χ0v) is 13.3. The van der Waals surface area contributed by atoms with Gasteiger partial charge in [0.15, 0.2) is 0 Å². The van der Waals surface area contributed by atoms with Crippen LogP contribution < -0.4 is 5.32 Å². The standard InChI is InChI=1S/C17H19N3OS/c1-12(16(21)20-17-18-10-5-11-19-17)22-15-9-4-7-13-6-2-3-8-14(13)15/h2-3,5-6,8,10-12,15H,4,7,9H2,1H3,(H,18,19,20,21). The highest BCUT2D eigenvalue weighted by atomic mass is 32.2. The second-order valence-electron chi connectivity index (χ2n) is 5.42. The number of hydrogen-bond donors (Lipinski definition) is 1. The Hall–Kier alpha value is -1.88. The van der Waals surface area contributed by atoms with Crippen molar-refractivity contribution in [1.29, 1.82) is 0 Å². The summed E-state index contributed by atoms with van der Waals surface area (Å²) >= 11 is 1.72. The fourth-order valence-corrected chi connectivity index (χ4v) is 4.09. The first-order valence-electron chi connectivity index (χ1n) is 7.55. The first kappa shape index (κ1) is 15.0. The SMILES string of the molecule is CC(SC1CCCc2ccccc21)C(=O)Nc1ncccn1. The third-order valence-electron chi connectivity index (χ3n) is 3.85. The maximum atomic E-state index is 12.3. The normalized spacial score (nSPS) is 18.3. The average molecular weight is 313 g/mol. The Morgan fingerprint density at radius 3 is 2.86 bits per heavy atom. The van der Waals surface area contributed by atoms with Gasteiger partial charge in [0.2, 0.25) is 11.9 Å². The zero-order chi connectivity index (χ0) is 15.4. The predicted octanol–water partition coefficient (Wildman–Crippen LogP) is 3.61. The van der Waals surface area contributed by atoms with Crippen LogP contribution in [-0.4, -0.2) is 21.1 Å². The number of thioether (sulfide) groups is 1. The molecule has 1 amide bonds. The van der Waals surface area contributed by atoms with Crippen LogP contribution in [0.3, 0.4) is 0 Å². The quantitative estimate of drug-likeness (QED) is 0.937. The van der Waals surface area contributed by atoms with Gasteiger partial charge >= 0.3 is 0 Å². The van der Waals surface area contributed by atoms with E-state index >= 15 is 0 Å². The van der Waals surface area contributed by atoms with Gasteiger partial charge in [-0.15, -0.1) is 11.8 Å². The zero-order valence-electron chi connectivity index (χ0n) is 12.5. The van der Waals surface area contributed by atoms with E-state index < -0.39 is 0 Å². The lowest BCUT2D eigenvalue weighted by atomic mass is 9.91. The van der Waals surface area contributed by atoms with E-state index in [0.29, 0.717) is 11.2 Å². The lowest BCUT2D eigenvalue weighted by Crippen LogP contribution is -2.25. The Labute approximate surface area is 134 Å². The molecule has 0 saturated carbocycles. The van der Waals surface area contributed by atoms with Gasteiger partial charge in [0, 0.05) is 17.6 Å². The van der Waals surface area contributed by atoms with Crippen LogP contribution in [0.4, 0.5) is 5.95 Å². The summed E-state index contributed by atoms with van der Waals surface area (Å²) in [6.07, 6.45) is 6.70. The molecule has 1 heterocycles. The fraction of sp³-hybridized carbons (Fsp3) is 0.353. The molecule has 1 aliphatic rings. The van der Waals surface area contributed by atoms with Crippen molar-refractivity contribution >= 4 is 23.6 Å². The van der Waals surface area contributed by atoms with Crippen molar-refractivity contribution in [3.63, 3.8) is 0 Å². The minimum Gasteiger partial charge on any atom is -0.294 e. The van der Waals surface area contributed by atoms with Gasteiger partial charge in [0.25, 0.3) is 0 Å². The molecule has 2 atom stereocenters. The van der Waals surface area contributed by atoms with E-state index in [0.717, 1.165) is 12.8 Å². The second kappa shape index (κ2) is 6.92. The van der Waals surface area contributed by atoms with E-state index in [-0.39, 0.29) is 11.2 Å². The molecule has 3 rings (SSSR count). The number of rotatable bonds is 4. The minimum atomic E-state index is -0.139. The van der Waals surface area contributed by atoms with Crippen molar-refractivity contribution in [2.75, 3.05) is 5.32 Å². The predicted molar refractivity (Wildman–Crippen MR) is 89.8 cm³/mol. The number of anilines is 1. The molecule has 0 spiro atoms. The summed E-state index contributed by atoms with van der Waals surface area (Å²) in [5.74, 6) is 0.322. The van der Waals surface area contributed by atoms with Gasteiger partial charge < -0.3 is 0 Å². The molecule has 2 unspecified atom stereocenters. The van der Waals surface area contributed by atoms with Crippen LogP contribution in [0.25, 0.3) is 0 Å². The Morgan fingerprint density at radius 1 is 1.27 bits per heavy atom. The Morgan fingerprint density at radius 2 is 2.05 bits per heavy atom. The number of hydrogen-bond acceptors (Lipinski definition) is 4. The minimum absolute atomic E-state index is 0.0424. The van der Waals surface area contributed by atoms with Crippen molar-refractivity contribution in [2.24, 2.45) is 0 Å². The number of carbonyl (C=O) groups is 1. The molecular weight excluding hydrogens is 294 g/mol. The molecule has 0 saturated heterocycles. The Bertz CT molecular complexity index is 647. The number of nitrogens with zero attached hydrogens (tertiary/aromatic N) is 2. The van der Waals surface area contributed by atoms with E-state index in [1.54, 1.807) is 30.2 Å². The molecule has 1 aromatic heterocycles. The lowest BCUT2D eigenvalue weighted by Gasteiger charge is -2.27. The molecule has 0 aliphatic heterocycles. The third kappa shape index (κ3) is 3.47. The van der Waals surface area contributed by atoms with Crippen LogP contribution in [0.2, 0.25) is 0 Å². The smallest absolute Gasteiger partial charge is 0.239 e. The van der Waals surface area contributed by atoms with Crippen molar-refractivity contribution in [1.82, 2.24) is 9.97 Å². The van der Waals surface area contributed by atoms with E-state index in [9.17, 15) is 4.79 Å². The van der Waals surface area contributed by atoms with Crippen LogP contribution >= 0.6 is 11.8 Å². The van der Waals surface area contributed by atoms with Gasteiger partial charge in [0.05, 0.1) is 5.25 Å². The molecule has 114 valence electrons. The van der Waals surface area contributed by atoms with E-state index in [4.69, 9.17) is 0 Å². The number of nitrogens with one attached hydrogen (secondary N) is 1. The fourth-order valence-electron chi connectivity index (χ4n) is 2.73. The molecule has 1 aromatic carbocycles. The van der Waals surface area contributed by atoms with E-state index in [2.05, 4.69) is 39.6 Å². The first-order valence-corrected chi connectivity index (χ1v) is 8.49. The number of fused-ring (bicyclic) bond motifs is 1. The van der Waals surface area contributed by atoms with Gasteiger partial charge in [-0.25, -0.2) is 9.97 Å². The molecule has 1 aliphatic carbocycles. The molecule has 2 aromatic rings. The highest BCUT2D eigenvalue weighted by Gasteiger charge is 2.25. The maximum absolute atomic E-state index is 12.3. The van der Waals surface area contributed by atoms with E-state index in [1.165, 1.54) is 17.5 Å². The van der Waals surface area contributed by atoms with Crippen molar-refractivity contribution in [2.45, 2.75) is 36.7 Å². The van der Waals surface area contributed by atoms with Crippen molar-refractivity contribution in [3.05, 3.63) is 53.9 Å². The molecule has 0 fully saturated rings. The maximum Gasteiger partial charge on any atom is 0.239 e. The molecule has 0 bridgehead atoms. The monoisotopic (exact) mass is 313 g/mol. The molecular formula is C17H19N3OS. The van der Waals surface area contributed by atoms with Crippen LogP contribution in [-0.2, 0) is 11.2 Å². The van der Waals surface area contributed by atoms with Gasteiger partial charge in [-0.3, -0.25) is 10.1 Å². The number of aromatic nitrogens is 2. The average Bonchev–Trinajstić information content (AvgIpc) is 2.56. The summed E-state index contributed by atoms with van der Waals surface area (Å²) in [5, 5.41) is 3.03. The molecule has 1 N–H and O–H groups in total. The van der Waals surface area contributed by atoms with Crippen LogP contribution in [0, 0.1) is 0 Å². The summed E-state index contributed by atoms with van der Waals surface area (Å²) < 4.78 is 0. The molecule has 0 radical (unpaired) electrons. The highest BCUT2D eigenvalue weighted by molar-refractivity contribution is 8.00. The summed E-state index contributed by atoms with van der Waals surface area (Å²) in [6.45, 7) is 1.94. The summed E-state index contributed by atoms with van der Waals surface area (Å²) in [4.78, 5) is 20.3. The summed E-state index contributed by atoms with van der Waals surface area (Å²) in [7, 11) is 0. The number of aryl methyl sites for hydroxylation is 1.